The van der Waals surface area contributed by atoms with Crippen LogP contribution in [0.15, 0.2) is 53.4 Å². The number of halogens is 1. The highest BCUT2D eigenvalue weighted by Crippen LogP contribution is 2.42. The molecule has 6 nitrogen and oxygen atoms in total. The normalized spacial score (nSPS) is 11.3. The van der Waals surface area contributed by atoms with Crippen molar-refractivity contribution in [2.24, 2.45) is 0 Å². The highest BCUT2D eigenvalue weighted by molar-refractivity contribution is 7.92. The van der Waals surface area contributed by atoms with Gasteiger partial charge in [0, 0.05) is 11.3 Å². The number of thiophene rings is 1. The van der Waals surface area contributed by atoms with Crippen LogP contribution in [0.1, 0.15) is 29.1 Å². The van der Waals surface area contributed by atoms with Gasteiger partial charge in [0.25, 0.3) is 0 Å². The lowest BCUT2D eigenvalue weighted by Gasteiger charge is -2.09. The predicted molar refractivity (Wildman–Crippen MR) is 117 cm³/mol. The molecule has 3 N–H and O–H groups in total. The third-order valence-electron chi connectivity index (χ3n) is 4.33. The maximum atomic E-state index is 13.2. The molecule has 2 aromatic carbocycles. The van der Waals surface area contributed by atoms with Gasteiger partial charge in [-0.05, 0) is 55.5 Å². The van der Waals surface area contributed by atoms with Gasteiger partial charge >= 0.3 is 0 Å². The molecule has 3 rings (SSSR count). The van der Waals surface area contributed by atoms with E-state index in [2.05, 4.69) is 5.32 Å². The fourth-order valence-corrected chi connectivity index (χ4v) is 5.43. The SMILES string of the molecule is CCOc1ccc(Nc2sc(C(=O)c3ccc(F)cc3)c(N)c2S(=O)(=O)CC)cc1. The van der Waals surface area contributed by atoms with Crippen molar-refractivity contribution < 1.29 is 22.3 Å². The zero-order valence-electron chi connectivity index (χ0n) is 16.4. The Bertz CT molecular complexity index is 1150. The second-order valence-corrected chi connectivity index (χ2v) is 9.56. The van der Waals surface area contributed by atoms with Gasteiger partial charge in [0.15, 0.2) is 9.84 Å². The summed E-state index contributed by atoms with van der Waals surface area (Å²) in [7, 11) is -3.71. The maximum Gasteiger partial charge on any atom is 0.205 e. The first kappa shape index (κ1) is 21.8. The number of ketones is 1. The molecular formula is C21H21FN2O4S2. The van der Waals surface area contributed by atoms with Gasteiger partial charge in [0.05, 0.1) is 18.0 Å². The lowest BCUT2D eigenvalue weighted by atomic mass is 10.1. The van der Waals surface area contributed by atoms with E-state index >= 15 is 0 Å². The number of nitrogen functional groups attached to an aromatic ring is 1. The van der Waals surface area contributed by atoms with E-state index in [1.165, 1.54) is 31.2 Å². The quantitative estimate of drug-likeness (QED) is 0.487. The topological polar surface area (TPSA) is 98.5 Å². The average Bonchev–Trinajstić information content (AvgIpc) is 3.06. The van der Waals surface area contributed by atoms with Crippen molar-refractivity contribution in [2.75, 3.05) is 23.4 Å². The summed E-state index contributed by atoms with van der Waals surface area (Å²) in [5.41, 5.74) is 6.86. The first-order chi connectivity index (χ1) is 14.3. The Hall–Kier alpha value is -2.91. The molecule has 0 aliphatic rings. The second kappa shape index (κ2) is 8.85. The van der Waals surface area contributed by atoms with Gasteiger partial charge in [-0.2, -0.15) is 0 Å². The number of sulfone groups is 1. The number of nitrogens with two attached hydrogens (primary N) is 1. The molecule has 0 saturated heterocycles. The van der Waals surface area contributed by atoms with Gasteiger partial charge < -0.3 is 15.8 Å². The van der Waals surface area contributed by atoms with E-state index < -0.39 is 21.4 Å². The monoisotopic (exact) mass is 448 g/mol. The Labute approximate surface area is 178 Å². The van der Waals surface area contributed by atoms with Gasteiger partial charge in [0.1, 0.15) is 26.3 Å². The van der Waals surface area contributed by atoms with Crippen LogP contribution < -0.4 is 15.8 Å². The number of nitrogens with one attached hydrogen (secondary N) is 1. The van der Waals surface area contributed by atoms with Crippen LogP contribution in [0.5, 0.6) is 5.75 Å². The van der Waals surface area contributed by atoms with Crippen LogP contribution >= 0.6 is 11.3 Å². The summed E-state index contributed by atoms with van der Waals surface area (Å²) < 4.78 is 44.0. The largest absolute Gasteiger partial charge is 0.494 e. The molecule has 0 bridgehead atoms. The summed E-state index contributed by atoms with van der Waals surface area (Å²) in [4.78, 5) is 12.9. The van der Waals surface area contributed by atoms with Crippen LogP contribution in [0.25, 0.3) is 0 Å². The van der Waals surface area contributed by atoms with Crippen LogP contribution in [-0.2, 0) is 9.84 Å². The van der Waals surface area contributed by atoms with E-state index in [0.29, 0.717) is 18.0 Å². The summed E-state index contributed by atoms with van der Waals surface area (Å²) in [5, 5.41) is 3.30. The minimum absolute atomic E-state index is 0.0852. The van der Waals surface area contributed by atoms with Crippen LogP contribution in [0.3, 0.4) is 0 Å². The maximum absolute atomic E-state index is 13.2. The average molecular weight is 449 g/mol. The van der Waals surface area contributed by atoms with Gasteiger partial charge in [-0.1, -0.05) is 6.92 Å². The van der Waals surface area contributed by atoms with Crippen LogP contribution in [0, 0.1) is 5.82 Å². The molecule has 0 spiro atoms. The zero-order chi connectivity index (χ0) is 21.9. The van der Waals surface area contributed by atoms with Gasteiger partial charge in [-0.15, -0.1) is 11.3 Å². The molecule has 0 atom stereocenters. The molecule has 0 fully saturated rings. The lowest BCUT2D eigenvalue weighted by Crippen LogP contribution is -2.09. The number of hydrogen-bond donors (Lipinski definition) is 2. The molecule has 3 aromatic rings. The molecule has 0 aliphatic heterocycles. The highest BCUT2D eigenvalue weighted by Gasteiger charge is 2.29. The summed E-state index contributed by atoms with van der Waals surface area (Å²) in [5.74, 6) is -0.430. The second-order valence-electron chi connectivity index (χ2n) is 6.32. The van der Waals surface area contributed by atoms with E-state index in [4.69, 9.17) is 10.5 Å². The van der Waals surface area contributed by atoms with Crippen LogP contribution in [0.2, 0.25) is 0 Å². The van der Waals surface area contributed by atoms with Crippen molar-refractivity contribution in [1.29, 1.82) is 0 Å². The number of carbonyl (C=O) groups is 1. The van der Waals surface area contributed by atoms with Crippen molar-refractivity contribution in [2.45, 2.75) is 18.7 Å². The number of hydrogen-bond acceptors (Lipinski definition) is 7. The number of ether oxygens (including phenoxy) is 1. The van der Waals surface area contributed by atoms with Crippen LogP contribution in [0.4, 0.5) is 20.8 Å². The molecule has 0 saturated carbocycles. The van der Waals surface area contributed by atoms with E-state index in [-0.39, 0.29) is 31.8 Å². The van der Waals surface area contributed by atoms with Crippen molar-refractivity contribution in [3.63, 3.8) is 0 Å². The van der Waals surface area contributed by atoms with Crippen molar-refractivity contribution in [3.8, 4) is 5.75 Å². The fraction of sp³-hybridized carbons (Fsp3) is 0.190. The van der Waals surface area contributed by atoms with Crippen molar-refractivity contribution >= 4 is 43.3 Å². The van der Waals surface area contributed by atoms with E-state index in [1.807, 2.05) is 6.92 Å². The third kappa shape index (κ3) is 4.47. The molecule has 0 unspecified atom stereocenters. The van der Waals surface area contributed by atoms with E-state index in [0.717, 1.165) is 11.3 Å². The van der Waals surface area contributed by atoms with Crippen molar-refractivity contribution in [1.82, 2.24) is 0 Å². The Kier molecular flexibility index (Phi) is 6.42. The van der Waals surface area contributed by atoms with E-state index in [9.17, 15) is 17.6 Å². The first-order valence-corrected chi connectivity index (χ1v) is 11.7. The fourth-order valence-electron chi connectivity index (χ4n) is 2.80. The Balaban J connectivity index is 2.04. The smallest absolute Gasteiger partial charge is 0.205 e. The molecule has 9 heteroatoms. The van der Waals surface area contributed by atoms with Gasteiger partial charge in [0.2, 0.25) is 5.78 Å². The number of carbonyl (C=O) groups excluding carboxylic acids is 1. The standard InChI is InChI=1S/C21H21FN2O4S2/c1-3-28-16-11-9-15(10-12-16)24-21-20(30(26,27)4-2)17(23)19(29-21)18(25)13-5-7-14(22)8-6-13/h5-12,24H,3-4,23H2,1-2H3. The minimum Gasteiger partial charge on any atom is -0.494 e. The molecule has 0 radical (unpaired) electrons. The summed E-state index contributed by atoms with van der Waals surface area (Å²) in [6.45, 7) is 3.92. The Morgan fingerprint density at radius 2 is 1.73 bits per heavy atom. The van der Waals surface area contributed by atoms with Crippen LogP contribution in [-0.4, -0.2) is 26.6 Å². The number of rotatable bonds is 8. The van der Waals surface area contributed by atoms with Gasteiger partial charge in [-0.25, -0.2) is 12.8 Å². The molecular weight excluding hydrogens is 427 g/mol. The lowest BCUT2D eigenvalue weighted by molar-refractivity contribution is 0.104. The molecule has 0 amide bonds. The highest BCUT2D eigenvalue weighted by atomic mass is 32.2. The third-order valence-corrected chi connectivity index (χ3v) is 7.38. The summed E-state index contributed by atoms with van der Waals surface area (Å²) in [6, 6.07) is 12.0. The molecule has 1 aromatic heterocycles. The molecule has 1 heterocycles. The molecule has 30 heavy (non-hydrogen) atoms. The van der Waals surface area contributed by atoms with Gasteiger partial charge in [-0.3, -0.25) is 4.79 Å². The Morgan fingerprint density at radius 3 is 2.30 bits per heavy atom. The Morgan fingerprint density at radius 1 is 1.10 bits per heavy atom. The predicted octanol–water partition coefficient (Wildman–Crippen LogP) is 4.64. The zero-order valence-corrected chi connectivity index (χ0v) is 18.1. The van der Waals surface area contributed by atoms with E-state index in [1.54, 1.807) is 24.3 Å². The number of benzene rings is 2. The first-order valence-electron chi connectivity index (χ1n) is 9.22. The summed E-state index contributed by atoms with van der Waals surface area (Å²) >= 11 is 0.955. The van der Waals surface area contributed by atoms with Crippen molar-refractivity contribution in [3.05, 3.63) is 64.8 Å². The minimum atomic E-state index is -3.71. The summed E-state index contributed by atoms with van der Waals surface area (Å²) in [6.07, 6.45) is 0. The molecule has 0 aliphatic carbocycles. The number of anilines is 3. The molecule has 158 valence electrons.